The number of nitrogens with zero attached hydrogens (tertiary/aromatic N) is 1. The Balaban J connectivity index is 1.45. The number of carbonyl (C=O) groups is 2. The van der Waals surface area contributed by atoms with Crippen molar-refractivity contribution in [3.05, 3.63) is 57.9 Å². The predicted molar refractivity (Wildman–Crippen MR) is 101 cm³/mol. The highest BCUT2D eigenvalue weighted by Crippen LogP contribution is 2.38. The number of halogens is 1. The number of nitrogens with one attached hydrogen (secondary N) is 1. The smallest absolute Gasteiger partial charge is 0.340 e. The lowest BCUT2D eigenvalue weighted by atomic mass is 10.1. The summed E-state index contributed by atoms with van der Waals surface area (Å²) in [7, 11) is 0. The van der Waals surface area contributed by atoms with Gasteiger partial charge in [-0.25, -0.2) is 4.79 Å². The largest absolute Gasteiger partial charge is 0.452 e. The average molecular weight is 375 g/mol. The maximum absolute atomic E-state index is 12.3. The molecule has 2 aromatic rings. The second kappa shape index (κ2) is 7.96. The third kappa shape index (κ3) is 4.47. The average Bonchev–Trinajstić information content (AvgIpc) is 3.38. The van der Waals surface area contributed by atoms with Crippen LogP contribution in [0.1, 0.15) is 46.2 Å². The Kier molecular flexibility index (Phi) is 5.67. The van der Waals surface area contributed by atoms with Crippen LogP contribution in [0.2, 0.25) is 5.02 Å². The normalized spacial score (nSPS) is 13.5. The van der Waals surface area contributed by atoms with Gasteiger partial charge in [-0.3, -0.25) is 4.79 Å². The van der Waals surface area contributed by atoms with Gasteiger partial charge in [0.15, 0.2) is 6.61 Å². The Morgan fingerprint density at radius 3 is 2.73 bits per heavy atom. The molecule has 1 N–H and O–H groups in total. The van der Waals surface area contributed by atoms with Gasteiger partial charge in [0, 0.05) is 29.0 Å². The van der Waals surface area contributed by atoms with Crippen LogP contribution in [-0.2, 0) is 16.0 Å². The lowest BCUT2D eigenvalue weighted by molar-refractivity contribution is -0.124. The number of amides is 1. The van der Waals surface area contributed by atoms with Crippen molar-refractivity contribution in [2.45, 2.75) is 39.2 Å². The van der Waals surface area contributed by atoms with Gasteiger partial charge in [0.1, 0.15) is 0 Å². The van der Waals surface area contributed by atoms with Gasteiger partial charge in [-0.1, -0.05) is 23.7 Å². The summed E-state index contributed by atoms with van der Waals surface area (Å²) >= 11 is 5.93. The van der Waals surface area contributed by atoms with Crippen LogP contribution in [0.25, 0.3) is 0 Å². The first kappa shape index (κ1) is 18.5. The van der Waals surface area contributed by atoms with Crippen LogP contribution >= 0.6 is 11.6 Å². The molecule has 5 nitrogen and oxygen atoms in total. The van der Waals surface area contributed by atoms with Crippen molar-refractivity contribution >= 4 is 23.5 Å². The van der Waals surface area contributed by atoms with E-state index in [2.05, 4.69) is 9.88 Å². The molecule has 1 aromatic heterocycles. The number of ether oxygens (including phenoxy) is 1. The Labute approximate surface area is 158 Å². The molecule has 6 heteroatoms. The first-order chi connectivity index (χ1) is 12.5. The van der Waals surface area contributed by atoms with E-state index in [1.807, 2.05) is 44.2 Å². The summed E-state index contributed by atoms with van der Waals surface area (Å²) in [5.74, 6) is -0.758. The van der Waals surface area contributed by atoms with E-state index in [0.29, 0.717) is 29.6 Å². The third-order valence-electron chi connectivity index (χ3n) is 4.58. The van der Waals surface area contributed by atoms with Crippen molar-refractivity contribution in [3.63, 3.8) is 0 Å². The SMILES string of the molecule is Cc1cc(C(=O)OCC(=O)NCCc2cccc(Cl)c2)c(C)n1C1CC1. The summed E-state index contributed by atoms with van der Waals surface area (Å²) in [6.07, 6.45) is 2.97. The molecular weight excluding hydrogens is 352 g/mol. The van der Waals surface area contributed by atoms with Crippen molar-refractivity contribution in [2.24, 2.45) is 0 Å². The monoisotopic (exact) mass is 374 g/mol. The van der Waals surface area contributed by atoms with Gasteiger partial charge < -0.3 is 14.6 Å². The summed E-state index contributed by atoms with van der Waals surface area (Å²) in [6, 6.07) is 9.85. The highest BCUT2D eigenvalue weighted by molar-refractivity contribution is 6.30. The minimum Gasteiger partial charge on any atom is -0.452 e. The molecule has 0 radical (unpaired) electrons. The molecule has 0 atom stereocenters. The van der Waals surface area contributed by atoms with E-state index in [1.54, 1.807) is 0 Å². The Morgan fingerprint density at radius 1 is 1.27 bits per heavy atom. The van der Waals surface area contributed by atoms with Crippen molar-refractivity contribution in [1.82, 2.24) is 9.88 Å². The van der Waals surface area contributed by atoms with Crippen LogP contribution in [0.15, 0.2) is 30.3 Å². The molecule has 0 unspecified atom stereocenters. The van der Waals surface area contributed by atoms with Gasteiger partial charge >= 0.3 is 5.97 Å². The van der Waals surface area contributed by atoms with Crippen LogP contribution in [-0.4, -0.2) is 29.6 Å². The topological polar surface area (TPSA) is 60.3 Å². The number of benzene rings is 1. The molecule has 0 aliphatic heterocycles. The number of aromatic nitrogens is 1. The van der Waals surface area contributed by atoms with E-state index in [-0.39, 0.29) is 12.5 Å². The molecule has 3 rings (SSSR count). The molecule has 0 bridgehead atoms. The Bertz CT molecular complexity index is 824. The standard InChI is InChI=1S/C20H23ClN2O3/c1-13-10-18(14(2)23(13)17-6-7-17)20(25)26-12-19(24)22-9-8-15-4-3-5-16(21)11-15/h3-5,10-11,17H,6-9,12H2,1-2H3,(H,22,24). The van der Waals surface area contributed by atoms with Gasteiger partial charge in [0.05, 0.1) is 5.56 Å². The first-order valence-electron chi connectivity index (χ1n) is 8.82. The number of aryl methyl sites for hydroxylation is 1. The molecule has 138 valence electrons. The van der Waals surface area contributed by atoms with Gasteiger partial charge in [-0.05, 0) is 56.9 Å². The molecular formula is C20H23ClN2O3. The van der Waals surface area contributed by atoms with E-state index in [1.165, 1.54) is 0 Å². The third-order valence-corrected chi connectivity index (χ3v) is 4.81. The fourth-order valence-electron chi connectivity index (χ4n) is 3.18. The number of carbonyl (C=O) groups excluding carboxylic acids is 2. The second-order valence-corrected chi connectivity index (χ2v) is 7.13. The quantitative estimate of drug-likeness (QED) is 0.753. The van der Waals surface area contributed by atoms with Crippen LogP contribution < -0.4 is 5.32 Å². The summed E-state index contributed by atoms with van der Waals surface area (Å²) < 4.78 is 7.36. The molecule has 1 amide bonds. The van der Waals surface area contributed by atoms with E-state index in [9.17, 15) is 9.59 Å². The van der Waals surface area contributed by atoms with E-state index < -0.39 is 5.97 Å². The molecule has 1 saturated carbocycles. The second-order valence-electron chi connectivity index (χ2n) is 6.69. The molecule has 1 fully saturated rings. The number of hydrogen-bond donors (Lipinski definition) is 1. The van der Waals surface area contributed by atoms with Gasteiger partial charge in [0.25, 0.3) is 5.91 Å². The Morgan fingerprint density at radius 2 is 2.04 bits per heavy atom. The predicted octanol–water partition coefficient (Wildman–Crippen LogP) is 3.61. The first-order valence-corrected chi connectivity index (χ1v) is 9.20. The zero-order chi connectivity index (χ0) is 18.7. The van der Waals surface area contributed by atoms with Crippen LogP contribution in [0, 0.1) is 13.8 Å². The summed E-state index contributed by atoms with van der Waals surface area (Å²) in [6.45, 7) is 4.10. The molecule has 0 saturated heterocycles. The van der Waals surface area contributed by atoms with E-state index in [4.69, 9.17) is 16.3 Å². The van der Waals surface area contributed by atoms with Crippen LogP contribution in [0.3, 0.4) is 0 Å². The van der Waals surface area contributed by atoms with E-state index >= 15 is 0 Å². The number of rotatable bonds is 7. The molecule has 1 aliphatic carbocycles. The highest BCUT2D eigenvalue weighted by Gasteiger charge is 2.28. The minimum absolute atomic E-state index is 0.276. The minimum atomic E-state index is -0.449. The fourth-order valence-corrected chi connectivity index (χ4v) is 3.39. The summed E-state index contributed by atoms with van der Waals surface area (Å²) in [5.41, 5.74) is 3.56. The van der Waals surface area contributed by atoms with E-state index in [0.717, 1.165) is 29.8 Å². The molecule has 1 aliphatic rings. The molecule has 1 heterocycles. The lowest BCUT2D eigenvalue weighted by Gasteiger charge is -2.08. The van der Waals surface area contributed by atoms with Crippen LogP contribution in [0.4, 0.5) is 0 Å². The van der Waals surface area contributed by atoms with Gasteiger partial charge in [-0.15, -0.1) is 0 Å². The fraction of sp³-hybridized carbons (Fsp3) is 0.400. The highest BCUT2D eigenvalue weighted by atomic mass is 35.5. The summed E-state index contributed by atoms with van der Waals surface area (Å²) in [5, 5.41) is 3.43. The zero-order valence-corrected chi connectivity index (χ0v) is 15.8. The lowest BCUT2D eigenvalue weighted by Crippen LogP contribution is -2.30. The van der Waals surface area contributed by atoms with Gasteiger partial charge in [0.2, 0.25) is 0 Å². The maximum Gasteiger partial charge on any atom is 0.340 e. The molecule has 26 heavy (non-hydrogen) atoms. The van der Waals surface area contributed by atoms with Crippen LogP contribution in [0.5, 0.6) is 0 Å². The van der Waals surface area contributed by atoms with Gasteiger partial charge in [-0.2, -0.15) is 0 Å². The van der Waals surface area contributed by atoms with Crippen molar-refractivity contribution in [1.29, 1.82) is 0 Å². The zero-order valence-electron chi connectivity index (χ0n) is 15.0. The van der Waals surface area contributed by atoms with Crippen molar-refractivity contribution in [3.8, 4) is 0 Å². The van der Waals surface area contributed by atoms with Crippen molar-refractivity contribution < 1.29 is 14.3 Å². The molecule has 1 aromatic carbocycles. The number of hydrogen-bond acceptors (Lipinski definition) is 3. The van der Waals surface area contributed by atoms with Crippen molar-refractivity contribution in [2.75, 3.05) is 13.2 Å². The maximum atomic E-state index is 12.3. The summed E-state index contributed by atoms with van der Waals surface area (Å²) in [4.78, 5) is 24.2. The Hall–Kier alpha value is -2.27. The number of esters is 1. The molecule has 0 spiro atoms.